The Balaban J connectivity index is 1.42. The number of nitrogens with zero attached hydrogens (tertiary/aromatic N) is 3. The van der Waals surface area contributed by atoms with Gasteiger partial charge < -0.3 is 4.74 Å². The molecule has 240 valence electrons. The molecule has 0 atom stereocenters. The van der Waals surface area contributed by atoms with E-state index in [1.165, 1.54) is 42.5 Å². The van der Waals surface area contributed by atoms with Crippen LogP contribution in [-0.4, -0.2) is 49.7 Å². The smallest absolute Gasteiger partial charge is 0.358 e. The van der Waals surface area contributed by atoms with E-state index in [0.717, 1.165) is 29.0 Å². The number of rotatable bonds is 8. The first-order valence-electron chi connectivity index (χ1n) is 13.2. The summed E-state index contributed by atoms with van der Waals surface area (Å²) in [4.78, 5) is 25.1. The third-order valence-corrected chi connectivity index (χ3v) is 11.0. The lowest BCUT2D eigenvalue weighted by Gasteiger charge is -2.20. The Morgan fingerprint density at radius 1 is 0.870 bits per heavy atom. The highest BCUT2D eigenvalue weighted by atomic mass is 35.5. The van der Waals surface area contributed by atoms with E-state index in [0.29, 0.717) is 39.3 Å². The van der Waals surface area contributed by atoms with Gasteiger partial charge in [-0.1, -0.05) is 58.5 Å². The zero-order chi connectivity index (χ0) is 33.2. The van der Waals surface area contributed by atoms with E-state index in [-0.39, 0.29) is 19.8 Å². The number of aromatic nitrogens is 2. The largest absolute Gasteiger partial charge is 0.433 e. The summed E-state index contributed by atoms with van der Waals surface area (Å²) >= 11 is 24.1. The third kappa shape index (κ3) is 7.51. The van der Waals surface area contributed by atoms with Gasteiger partial charge in [0, 0.05) is 20.1 Å². The minimum atomic E-state index is -4.63. The van der Waals surface area contributed by atoms with Gasteiger partial charge in [0.05, 0.1) is 34.8 Å². The molecule has 46 heavy (non-hydrogen) atoms. The van der Waals surface area contributed by atoms with Crippen molar-refractivity contribution in [3.63, 3.8) is 0 Å². The second kappa shape index (κ2) is 13.6. The quantitative estimate of drug-likeness (QED) is 0.194. The molecular formula is C29H22Cl4N4O7S2. The van der Waals surface area contributed by atoms with Crippen molar-refractivity contribution < 1.29 is 31.2 Å². The fourth-order valence-electron chi connectivity index (χ4n) is 4.63. The van der Waals surface area contributed by atoms with Crippen molar-refractivity contribution in [1.29, 1.82) is 0 Å². The number of fused-ring (bicyclic) bond motifs is 1. The lowest BCUT2D eigenvalue weighted by Crippen LogP contribution is -2.41. The molecule has 0 spiro atoms. The van der Waals surface area contributed by atoms with Crippen molar-refractivity contribution in [2.45, 2.75) is 29.2 Å². The van der Waals surface area contributed by atoms with E-state index in [4.69, 9.17) is 46.4 Å². The molecule has 11 nitrogen and oxygen atoms in total. The molecule has 4 aromatic rings. The van der Waals surface area contributed by atoms with Crippen LogP contribution in [0.5, 0.6) is 0 Å². The molecule has 17 heteroatoms. The Morgan fingerprint density at radius 2 is 1.48 bits per heavy atom. The first-order chi connectivity index (χ1) is 21.7. The fourth-order valence-corrected chi connectivity index (χ4v) is 7.46. The Morgan fingerprint density at radius 3 is 2.11 bits per heavy atom. The zero-order valence-electron chi connectivity index (χ0n) is 23.4. The number of allylic oxidation sites excluding steroid dienone is 1. The zero-order valence-corrected chi connectivity index (χ0v) is 28.0. The summed E-state index contributed by atoms with van der Waals surface area (Å²) in [5, 5.41) is 5.86. The van der Waals surface area contributed by atoms with E-state index in [2.05, 4.69) is 9.84 Å². The van der Waals surface area contributed by atoms with Gasteiger partial charge in [0.2, 0.25) is 0 Å². The summed E-state index contributed by atoms with van der Waals surface area (Å²) < 4.78 is 60.7. The predicted molar refractivity (Wildman–Crippen MR) is 173 cm³/mol. The molecular weight excluding hydrogens is 722 g/mol. The number of aryl methyl sites for hydroxylation is 1. The Hall–Kier alpha value is -3.59. The Labute approximate surface area is 284 Å². The number of sulfonamides is 2. The molecule has 0 saturated heterocycles. The van der Waals surface area contributed by atoms with Crippen molar-refractivity contribution >= 4 is 84.2 Å². The van der Waals surface area contributed by atoms with E-state index >= 15 is 0 Å². The second-order valence-corrected chi connectivity index (χ2v) is 15.1. The summed E-state index contributed by atoms with van der Waals surface area (Å²) in [5.74, 6) is 0. The number of nitrogens with one attached hydrogen (secondary N) is 1. The molecule has 0 aliphatic heterocycles. The number of carbonyl (C=O) groups is 2. The van der Waals surface area contributed by atoms with E-state index in [1.807, 2.05) is 0 Å². The average molecular weight is 744 g/mol. The Bertz CT molecular complexity index is 2070. The van der Waals surface area contributed by atoms with E-state index in [1.54, 1.807) is 33.8 Å². The number of carbonyl (C=O) groups excluding carboxylic acids is 2. The topological polar surface area (TPSA) is 145 Å². The maximum atomic E-state index is 13.6. The van der Waals surface area contributed by atoms with Crippen molar-refractivity contribution in [1.82, 2.24) is 18.8 Å². The SMILES string of the molecule is O=C(NS(=O)(=O)c1ccc(Cl)cc1)OC(=O)N(C/C=C1\CCc2cnn(Cc3ccc(Cl)cc3Cl)c21)S(=O)(=O)c1ccc(Cl)cc1. The molecule has 1 aliphatic carbocycles. The molecule has 0 fully saturated rings. The normalized spacial score (nSPS) is 13.8. The maximum absolute atomic E-state index is 13.6. The molecule has 5 rings (SSSR count). The van der Waals surface area contributed by atoms with E-state index < -0.39 is 38.8 Å². The van der Waals surface area contributed by atoms with Crippen LogP contribution in [0.2, 0.25) is 20.1 Å². The monoisotopic (exact) mass is 742 g/mol. The second-order valence-electron chi connectivity index (χ2n) is 9.85. The maximum Gasteiger partial charge on any atom is 0.433 e. The molecule has 1 aromatic heterocycles. The van der Waals surface area contributed by atoms with Gasteiger partial charge in [-0.15, -0.1) is 0 Å². The lowest BCUT2D eigenvalue weighted by atomic mass is 10.2. The van der Waals surface area contributed by atoms with Crippen LogP contribution >= 0.6 is 46.4 Å². The average Bonchev–Trinajstić information content (AvgIpc) is 3.57. The van der Waals surface area contributed by atoms with Crippen molar-refractivity contribution in [2.75, 3.05) is 6.54 Å². The van der Waals surface area contributed by atoms with Crippen LogP contribution in [-0.2, 0) is 37.7 Å². The van der Waals surface area contributed by atoms with Gasteiger partial charge >= 0.3 is 12.2 Å². The van der Waals surface area contributed by atoms with Crippen LogP contribution in [0, 0.1) is 0 Å². The van der Waals surface area contributed by atoms with Crippen molar-refractivity contribution in [2.24, 2.45) is 0 Å². The van der Waals surface area contributed by atoms with Crippen LogP contribution in [0.25, 0.3) is 5.57 Å². The summed E-state index contributed by atoms with van der Waals surface area (Å²) in [6.45, 7) is -0.275. The summed E-state index contributed by atoms with van der Waals surface area (Å²) in [6, 6.07) is 14.9. The van der Waals surface area contributed by atoms with Crippen LogP contribution in [0.4, 0.5) is 9.59 Å². The first-order valence-corrected chi connectivity index (χ1v) is 17.7. The van der Waals surface area contributed by atoms with Crippen LogP contribution in [0.1, 0.15) is 23.2 Å². The van der Waals surface area contributed by atoms with Crippen molar-refractivity contribution in [3.05, 3.63) is 116 Å². The third-order valence-electron chi connectivity index (χ3n) is 6.85. The van der Waals surface area contributed by atoms with Crippen LogP contribution in [0.15, 0.2) is 88.8 Å². The predicted octanol–water partition coefficient (Wildman–Crippen LogP) is 6.80. The number of ether oxygens (including phenoxy) is 1. The van der Waals surface area contributed by atoms with Gasteiger partial charge in [0.15, 0.2) is 0 Å². The number of benzene rings is 3. The Kier molecular flexibility index (Phi) is 10.0. The highest BCUT2D eigenvalue weighted by Crippen LogP contribution is 2.34. The standard InChI is InChI=1S/C29H22Cl4N4O7S2/c30-21-5-9-24(10-6-21)45(40,41)35-28(38)44-29(39)37(46(42,43)25-11-7-22(31)8-12-25)14-13-18-1-2-19-16-34-36(27(18)19)17-20-3-4-23(32)15-26(20)33/h3-13,15-16H,1-2,14,17H2,(H,35,38)/b18-13+. The molecule has 0 radical (unpaired) electrons. The number of hydrogen-bond donors (Lipinski definition) is 1. The summed E-state index contributed by atoms with van der Waals surface area (Å²) in [7, 11) is -9.11. The highest BCUT2D eigenvalue weighted by Gasteiger charge is 2.33. The van der Waals surface area contributed by atoms with Gasteiger partial charge in [-0.2, -0.15) is 9.40 Å². The number of hydrogen-bond acceptors (Lipinski definition) is 8. The first kappa shape index (κ1) is 33.8. The molecule has 2 amide bonds. The molecule has 1 N–H and O–H groups in total. The van der Waals surface area contributed by atoms with Crippen LogP contribution < -0.4 is 4.72 Å². The van der Waals surface area contributed by atoms with Gasteiger partial charge in [-0.25, -0.2) is 31.1 Å². The van der Waals surface area contributed by atoms with E-state index in [9.17, 15) is 26.4 Å². The molecule has 0 saturated carbocycles. The molecule has 3 aromatic carbocycles. The minimum Gasteiger partial charge on any atom is -0.358 e. The number of amides is 2. The van der Waals surface area contributed by atoms with Gasteiger partial charge in [0.1, 0.15) is 0 Å². The minimum absolute atomic E-state index is 0.245. The molecule has 0 unspecified atom stereocenters. The summed E-state index contributed by atoms with van der Waals surface area (Å²) in [5.41, 5.74) is 3.04. The van der Waals surface area contributed by atoms with Crippen LogP contribution in [0.3, 0.4) is 0 Å². The molecule has 1 aliphatic rings. The lowest BCUT2D eigenvalue weighted by molar-refractivity contribution is 0.141. The van der Waals surface area contributed by atoms with Gasteiger partial charge in [-0.3, -0.25) is 4.68 Å². The van der Waals surface area contributed by atoms with Gasteiger partial charge in [0.25, 0.3) is 20.0 Å². The van der Waals surface area contributed by atoms with Crippen molar-refractivity contribution in [3.8, 4) is 0 Å². The molecule has 0 bridgehead atoms. The van der Waals surface area contributed by atoms with Gasteiger partial charge in [-0.05, 0) is 90.2 Å². The fraction of sp³-hybridized carbons (Fsp3) is 0.138. The highest BCUT2D eigenvalue weighted by molar-refractivity contribution is 7.90. The summed E-state index contributed by atoms with van der Waals surface area (Å²) in [6.07, 6.45) is 0.951. The number of halogens is 4. The molecule has 1 heterocycles.